The maximum atomic E-state index is 12.4. The summed E-state index contributed by atoms with van der Waals surface area (Å²) in [6.07, 6.45) is 3.22. The van der Waals surface area contributed by atoms with Crippen LogP contribution in [0.3, 0.4) is 0 Å². The smallest absolute Gasteiger partial charge is 0.408 e. The Balaban J connectivity index is 2.83. The van der Waals surface area contributed by atoms with E-state index in [1.54, 1.807) is 20.8 Å². The van der Waals surface area contributed by atoms with Gasteiger partial charge in [-0.05, 0) is 38.3 Å². The fourth-order valence-electron chi connectivity index (χ4n) is 1.93. The quantitative estimate of drug-likeness (QED) is 0.810. The Morgan fingerprint density at radius 2 is 1.78 bits per heavy atom. The van der Waals surface area contributed by atoms with E-state index in [0.717, 1.165) is 5.56 Å². The van der Waals surface area contributed by atoms with Crippen LogP contribution in [0.25, 0.3) is 0 Å². The number of hydrogen-bond acceptors (Lipinski definition) is 3. The Bertz CT molecular complexity index is 541. The summed E-state index contributed by atoms with van der Waals surface area (Å²) in [5, 5.41) is 2.68. The third-order valence-electron chi connectivity index (χ3n) is 2.96. The van der Waals surface area contributed by atoms with Gasteiger partial charge in [0.1, 0.15) is 5.60 Å². The van der Waals surface area contributed by atoms with Crippen molar-refractivity contribution in [1.82, 2.24) is 5.32 Å². The monoisotopic (exact) mass is 317 g/mol. The maximum absolute atomic E-state index is 12.4. The summed E-state index contributed by atoms with van der Waals surface area (Å²) in [6.45, 7) is 9.37. The highest BCUT2D eigenvalue weighted by atomic mass is 16.6. The summed E-state index contributed by atoms with van der Waals surface area (Å²) in [6, 6.07) is 8.97. The van der Waals surface area contributed by atoms with Crippen LogP contribution >= 0.6 is 0 Å². The number of nitrogens with one attached hydrogen (secondary N) is 1. The van der Waals surface area contributed by atoms with Crippen LogP contribution in [-0.4, -0.2) is 23.5 Å². The van der Waals surface area contributed by atoms with Gasteiger partial charge in [-0.15, -0.1) is 0 Å². The molecule has 0 aliphatic heterocycles. The van der Waals surface area contributed by atoms with Gasteiger partial charge in [0.15, 0.2) is 5.78 Å². The molecule has 0 radical (unpaired) electrons. The normalized spacial score (nSPS) is 13.1. The largest absolute Gasteiger partial charge is 0.444 e. The van der Waals surface area contributed by atoms with Crippen LogP contribution in [0.15, 0.2) is 42.5 Å². The lowest BCUT2D eigenvalue weighted by atomic mass is 10.0. The fourth-order valence-corrected chi connectivity index (χ4v) is 1.93. The molecule has 0 unspecified atom stereocenters. The van der Waals surface area contributed by atoms with Gasteiger partial charge < -0.3 is 10.1 Å². The zero-order valence-electron chi connectivity index (χ0n) is 14.6. The molecule has 0 aliphatic rings. The predicted molar refractivity (Wildman–Crippen MR) is 92.3 cm³/mol. The average Bonchev–Trinajstić information content (AvgIpc) is 2.43. The Morgan fingerprint density at radius 1 is 1.17 bits per heavy atom. The Kier molecular flexibility index (Phi) is 7.01. The molecule has 4 heteroatoms. The second kappa shape index (κ2) is 8.51. The molecule has 1 aromatic rings. The molecule has 1 amide bonds. The Morgan fingerprint density at radius 3 is 2.30 bits per heavy atom. The minimum atomic E-state index is -0.637. The van der Waals surface area contributed by atoms with Crippen molar-refractivity contribution in [3.05, 3.63) is 48.0 Å². The van der Waals surface area contributed by atoms with E-state index >= 15 is 0 Å². The van der Waals surface area contributed by atoms with Crippen molar-refractivity contribution in [1.29, 1.82) is 0 Å². The number of ether oxygens (including phenoxy) is 1. The molecule has 0 saturated carbocycles. The standard InChI is InChI=1S/C19H27NO3/c1-14(2)11-12-17(21)16(13-15-9-7-6-8-10-15)20-18(22)23-19(3,4)5/h6-12,14,16H,13H2,1-5H3,(H,20,22)/b12-11+/t16-/m0/s1. The molecule has 0 fully saturated rings. The van der Waals surface area contributed by atoms with Gasteiger partial charge in [0.05, 0.1) is 6.04 Å². The summed E-state index contributed by atoms with van der Waals surface area (Å²) in [4.78, 5) is 24.4. The molecular formula is C19H27NO3. The summed E-state index contributed by atoms with van der Waals surface area (Å²) >= 11 is 0. The van der Waals surface area contributed by atoms with Crippen LogP contribution in [-0.2, 0) is 16.0 Å². The topological polar surface area (TPSA) is 55.4 Å². The van der Waals surface area contributed by atoms with Crippen LogP contribution < -0.4 is 5.32 Å². The lowest BCUT2D eigenvalue weighted by Gasteiger charge is -2.22. The summed E-state index contributed by atoms with van der Waals surface area (Å²) in [5.41, 5.74) is 0.387. The van der Waals surface area contributed by atoms with Crippen LogP contribution in [0.2, 0.25) is 0 Å². The minimum absolute atomic E-state index is 0.131. The number of ketones is 1. The van der Waals surface area contributed by atoms with Crippen LogP contribution in [0.5, 0.6) is 0 Å². The van der Waals surface area contributed by atoms with E-state index in [1.807, 2.05) is 50.3 Å². The third kappa shape index (κ3) is 8.19. The first-order valence-electron chi connectivity index (χ1n) is 7.93. The second-order valence-corrected chi connectivity index (χ2v) is 6.89. The van der Waals surface area contributed by atoms with E-state index in [0.29, 0.717) is 6.42 Å². The second-order valence-electron chi connectivity index (χ2n) is 6.89. The first-order valence-corrected chi connectivity index (χ1v) is 7.93. The minimum Gasteiger partial charge on any atom is -0.444 e. The molecule has 0 heterocycles. The molecule has 4 nitrogen and oxygen atoms in total. The van der Waals surface area contributed by atoms with Gasteiger partial charge in [-0.25, -0.2) is 4.79 Å². The zero-order valence-corrected chi connectivity index (χ0v) is 14.6. The molecule has 1 atom stereocenters. The summed E-state index contributed by atoms with van der Waals surface area (Å²) in [5.74, 6) is 0.145. The van der Waals surface area contributed by atoms with E-state index in [-0.39, 0.29) is 11.7 Å². The fraction of sp³-hybridized carbons (Fsp3) is 0.474. The third-order valence-corrected chi connectivity index (χ3v) is 2.96. The van der Waals surface area contributed by atoms with E-state index < -0.39 is 17.7 Å². The molecule has 23 heavy (non-hydrogen) atoms. The van der Waals surface area contributed by atoms with Gasteiger partial charge in [-0.3, -0.25) is 4.79 Å². The molecule has 0 spiro atoms. The lowest BCUT2D eigenvalue weighted by Crippen LogP contribution is -2.44. The zero-order chi connectivity index (χ0) is 17.5. The highest BCUT2D eigenvalue weighted by Gasteiger charge is 2.23. The van der Waals surface area contributed by atoms with Gasteiger partial charge in [-0.1, -0.05) is 50.3 Å². The molecule has 0 saturated heterocycles. The highest BCUT2D eigenvalue weighted by Crippen LogP contribution is 2.09. The Labute approximate surface area is 138 Å². The Hall–Kier alpha value is -2.10. The summed E-state index contributed by atoms with van der Waals surface area (Å²) in [7, 11) is 0. The average molecular weight is 317 g/mol. The summed E-state index contributed by atoms with van der Waals surface area (Å²) < 4.78 is 5.26. The lowest BCUT2D eigenvalue weighted by molar-refractivity contribution is -0.116. The first-order chi connectivity index (χ1) is 10.7. The van der Waals surface area contributed by atoms with Gasteiger partial charge >= 0.3 is 6.09 Å². The van der Waals surface area contributed by atoms with Crippen molar-refractivity contribution in [3.8, 4) is 0 Å². The molecule has 1 rings (SSSR count). The predicted octanol–water partition coefficient (Wildman–Crippen LogP) is 3.90. The van der Waals surface area contributed by atoms with Crippen molar-refractivity contribution < 1.29 is 14.3 Å². The number of rotatable bonds is 6. The molecule has 0 bridgehead atoms. The van der Waals surface area contributed by atoms with Gasteiger partial charge in [0, 0.05) is 6.42 Å². The van der Waals surface area contributed by atoms with Crippen molar-refractivity contribution in [3.63, 3.8) is 0 Å². The van der Waals surface area contributed by atoms with E-state index in [1.165, 1.54) is 6.08 Å². The number of carbonyl (C=O) groups excluding carboxylic acids is 2. The number of carbonyl (C=O) groups is 2. The van der Waals surface area contributed by atoms with Crippen LogP contribution in [0, 0.1) is 5.92 Å². The van der Waals surface area contributed by atoms with Gasteiger partial charge in [-0.2, -0.15) is 0 Å². The van der Waals surface area contributed by atoms with Crippen molar-refractivity contribution in [2.24, 2.45) is 5.92 Å². The molecule has 1 N–H and O–H groups in total. The number of benzene rings is 1. The molecular weight excluding hydrogens is 290 g/mol. The van der Waals surface area contributed by atoms with Crippen LogP contribution in [0.1, 0.15) is 40.2 Å². The first kappa shape index (κ1) is 18.9. The van der Waals surface area contributed by atoms with Crippen molar-refractivity contribution in [2.45, 2.75) is 52.7 Å². The SMILES string of the molecule is CC(C)/C=C/C(=O)[C@H](Cc1ccccc1)NC(=O)OC(C)(C)C. The van der Waals surface area contributed by atoms with Crippen molar-refractivity contribution >= 4 is 11.9 Å². The number of alkyl carbamates (subject to hydrolysis) is 1. The highest BCUT2D eigenvalue weighted by molar-refractivity contribution is 5.96. The van der Waals surface area contributed by atoms with Gasteiger partial charge in [0.2, 0.25) is 0 Å². The number of hydrogen-bond donors (Lipinski definition) is 1. The van der Waals surface area contributed by atoms with Gasteiger partial charge in [0.25, 0.3) is 0 Å². The molecule has 0 aromatic heterocycles. The number of allylic oxidation sites excluding steroid dienone is 1. The maximum Gasteiger partial charge on any atom is 0.408 e. The molecule has 126 valence electrons. The van der Waals surface area contributed by atoms with Crippen LogP contribution in [0.4, 0.5) is 4.79 Å². The van der Waals surface area contributed by atoms with E-state index in [4.69, 9.17) is 4.74 Å². The van der Waals surface area contributed by atoms with E-state index in [2.05, 4.69) is 5.32 Å². The van der Waals surface area contributed by atoms with Crippen molar-refractivity contribution in [2.75, 3.05) is 0 Å². The number of amides is 1. The molecule has 1 aromatic carbocycles. The van der Waals surface area contributed by atoms with E-state index in [9.17, 15) is 9.59 Å². The molecule has 0 aliphatic carbocycles.